The topological polar surface area (TPSA) is 21.3 Å². The highest BCUT2D eigenvalue weighted by Gasteiger charge is 2.25. The maximum absolute atomic E-state index is 5.24. The molecule has 0 spiro atoms. The molecule has 2 heteroatoms. The molecule has 0 bridgehead atoms. The van der Waals surface area contributed by atoms with Crippen LogP contribution in [0.5, 0.6) is 5.75 Å². The Labute approximate surface area is 114 Å². The van der Waals surface area contributed by atoms with Gasteiger partial charge in [0.05, 0.1) is 7.11 Å². The van der Waals surface area contributed by atoms with Gasteiger partial charge in [-0.2, -0.15) is 0 Å². The molecule has 0 aromatic heterocycles. The molecule has 1 fully saturated rings. The van der Waals surface area contributed by atoms with E-state index >= 15 is 0 Å². The molecule has 0 saturated heterocycles. The van der Waals surface area contributed by atoms with E-state index in [2.05, 4.69) is 35.6 Å². The van der Waals surface area contributed by atoms with Gasteiger partial charge < -0.3 is 10.1 Å². The van der Waals surface area contributed by atoms with Gasteiger partial charge in [0, 0.05) is 18.3 Å². The van der Waals surface area contributed by atoms with Gasteiger partial charge in [0.2, 0.25) is 0 Å². The molecule has 0 unspecified atom stereocenters. The molecule has 0 radical (unpaired) electrons. The number of hydrogen-bond acceptors (Lipinski definition) is 2. The zero-order valence-electron chi connectivity index (χ0n) is 11.2. The van der Waals surface area contributed by atoms with E-state index in [-0.39, 0.29) is 0 Å². The number of benzene rings is 2. The van der Waals surface area contributed by atoms with Crippen molar-refractivity contribution in [1.29, 1.82) is 0 Å². The van der Waals surface area contributed by atoms with Crippen LogP contribution in [-0.4, -0.2) is 7.11 Å². The molecule has 98 valence electrons. The Morgan fingerprint density at radius 3 is 2.74 bits per heavy atom. The Hall–Kier alpha value is -1.96. The van der Waals surface area contributed by atoms with Gasteiger partial charge in [-0.05, 0) is 42.0 Å². The highest BCUT2D eigenvalue weighted by molar-refractivity contribution is 5.49. The molecular formula is C17H19NO. The fraction of sp³-hybridized carbons (Fsp3) is 0.294. The highest BCUT2D eigenvalue weighted by atomic mass is 16.5. The summed E-state index contributed by atoms with van der Waals surface area (Å²) in [5, 5.41) is 3.48. The summed E-state index contributed by atoms with van der Waals surface area (Å²) in [6, 6.07) is 16.8. The molecule has 19 heavy (non-hydrogen) atoms. The maximum atomic E-state index is 5.24. The largest absolute Gasteiger partial charge is 0.497 e. The summed E-state index contributed by atoms with van der Waals surface area (Å²) < 4.78 is 5.24. The van der Waals surface area contributed by atoms with E-state index < -0.39 is 0 Å². The Balaban J connectivity index is 1.71. The Kier molecular flexibility index (Phi) is 3.41. The third-order valence-electron chi connectivity index (χ3n) is 3.62. The standard InChI is InChI=1S/C17H19NO/c1-19-16-7-4-6-15(11-16)18-12-14-5-2-3-8-17(14)13-9-10-13/h2-8,11,13,18H,9-10,12H2,1H3. The fourth-order valence-electron chi connectivity index (χ4n) is 2.42. The molecule has 1 aliphatic carbocycles. The molecule has 1 aliphatic rings. The number of nitrogens with one attached hydrogen (secondary N) is 1. The average Bonchev–Trinajstić information content (AvgIpc) is 3.30. The van der Waals surface area contributed by atoms with E-state index in [1.807, 2.05) is 18.2 Å². The second-order valence-corrected chi connectivity index (χ2v) is 5.06. The lowest BCUT2D eigenvalue weighted by Gasteiger charge is -2.11. The number of rotatable bonds is 5. The van der Waals surface area contributed by atoms with E-state index in [0.29, 0.717) is 0 Å². The zero-order valence-corrected chi connectivity index (χ0v) is 11.2. The predicted molar refractivity (Wildman–Crippen MR) is 78.7 cm³/mol. The first-order valence-corrected chi connectivity index (χ1v) is 6.82. The van der Waals surface area contributed by atoms with Crippen molar-refractivity contribution in [2.24, 2.45) is 0 Å². The predicted octanol–water partition coefficient (Wildman–Crippen LogP) is 4.18. The number of ether oxygens (including phenoxy) is 1. The van der Waals surface area contributed by atoms with Gasteiger partial charge in [0.1, 0.15) is 5.75 Å². The second kappa shape index (κ2) is 5.35. The lowest BCUT2D eigenvalue weighted by Crippen LogP contribution is -2.02. The van der Waals surface area contributed by atoms with Crippen LogP contribution >= 0.6 is 0 Å². The van der Waals surface area contributed by atoms with Crippen molar-refractivity contribution in [3.63, 3.8) is 0 Å². The molecule has 2 nitrogen and oxygen atoms in total. The fourth-order valence-corrected chi connectivity index (χ4v) is 2.42. The third-order valence-corrected chi connectivity index (χ3v) is 3.62. The van der Waals surface area contributed by atoms with Crippen molar-refractivity contribution in [2.45, 2.75) is 25.3 Å². The van der Waals surface area contributed by atoms with Crippen molar-refractivity contribution in [1.82, 2.24) is 0 Å². The van der Waals surface area contributed by atoms with E-state index in [9.17, 15) is 0 Å². The number of methoxy groups -OCH3 is 1. The van der Waals surface area contributed by atoms with E-state index in [1.54, 1.807) is 7.11 Å². The Morgan fingerprint density at radius 2 is 1.95 bits per heavy atom. The first kappa shape index (κ1) is 12.1. The summed E-state index contributed by atoms with van der Waals surface area (Å²) in [4.78, 5) is 0. The number of anilines is 1. The van der Waals surface area contributed by atoms with Gasteiger partial charge in [0.15, 0.2) is 0 Å². The summed E-state index contributed by atoms with van der Waals surface area (Å²) in [5.74, 6) is 1.68. The molecule has 0 amide bonds. The van der Waals surface area contributed by atoms with Crippen LogP contribution in [0.3, 0.4) is 0 Å². The molecule has 0 heterocycles. The summed E-state index contributed by atoms with van der Waals surface area (Å²) >= 11 is 0. The minimum absolute atomic E-state index is 0.795. The van der Waals surface area contributed by atoms with E-state index in [0.717, 1.165) is 23.9 Å². The maximum Gasteiger partial charge on any atom is 0.120 e. The quantitative estimate of drug-likeness (QED) is 0.863. The van der Waals surface area contributed by atoms with Crippen LogP contribution in [0.25, 0.3) is 0 Å². The lowest BCUT2D eigenvalue weighted by atomic mass is 10.0. The molecule has 0 atom stereocenters. The van der Waals surface area contributed by atoms with Gasteiger partial charge in [0.25, 0.3) is 0 Å². The van der Waals surface area contributed by atoms with Crippen LogP contribution < -0.4 is 10.1 Å². The Bertz CT molecular complexity index is 561. The lowest BCUT2D eigenvalue weighted by molar-refractivity contribution is 0.415. The molecule has 2 aromatic rings. The first-order valence-electron chi connectivity index (χ1n) is 6.82. The zero-order chi connectivity index (χ0) is 13.1. The highest BCUT2D eigenvalue weighted by Crippen LogP contribution is 2.41. The van der Waals surface area contributed by atoms with Gasteiger partial charge in [-0.25, -0.2) is 0 Å². The molecule has 3 rings (SSSR count). The SMILES string of the molecule is COc1cccc(NCc2ccccc2C2CC2)c1. The second-order valence-electron chi connectivity index (χ2n) is 5.06. The normalized spacial score (nSPS) is 14.2. The van der Waals surface area contributed by atoms with Crippen molar-refractivity contribution < 1.29 is 4.74 Å². The van der Waals surface area contributed by atoms with Gasteiger partial charge >= 0.3 is 0 Å². The van der Waals surface area contributed by atoms with Crippen molar-refractivity contribution >= 4 is 5.69 Å². The monoisotopic (exact) mass is 253 g/mol. The van der Waals surface area contributed by atoms with Crippen LogP contribution in [-0.2, 0) is 6.54 Å². The molecule has 1 N–H and O–H groups in total. The van der Waals surface area contributed by atoms with Gasteiger partial charge in [-0.3, -0.25) is 0 Å². The molecular weight excluding hydrogens is 234 g/mol. The summed E-state index contributed by atoms with van der Waals surface area (Å²) in [5.41, 5.74) is 4.02. The number of hydrogen-bond donors (Lipinski definition) is 1. The average molecular weight is 253 g/mol. The van der Waals surface area contributed by atoms with E-state index in [4.69, 9.17) is 4.74 Å². The minimum atomic E-state index is 0.795. The third kappa shape index (κ3) is 2.90. The van der Waals surface area contributed by atoms with Crippen molar-refractivity contribution in [3.8, 4) is 5.75 Å². The van der Waals surface area contributed by atoms with Gasteiger partial charge in [-0.15, -0.1) is 0 Å². The van der Waals surface area contributed by atoms with Crippen molar-refractivity contribution in [2.75, 3.05) is 12.4 Å². The van der Waals surface area contributed by atoms with Crippen LogP contribution in [0.4, 0.5) is 5.69 Å². The van der Waals surface area contributed by atoms with Crippen molar-refractivity contribution in [3.05, 3.63) is 59.7 Å². The van der Waals surface area contributed by atoms with Gasteiger partial charge in [-0.1, -0.05) is 30.3 Å². The van der Waals surface area contributed by atoms with Crippen LogP contribution in [0.1, 0.15) is 29.9 Å². The Morgan fingerprint density at radius 1 is 1.11 bits per heavy atom. The summed E-state index contributed by atoms with van der Waals surface area (Å²) in [6.07, 6.45) is 2.69. The molecule has 0 aliphatic heterocycles. The van der Waals surface area contributed by atoms with Crippen LogP contribution in [0.2, 0.25) is 0 Å². The van der Waals surface area contributed by atoms with Crippen LogP contribution in [0.15, 0.2) is 48.5 Å². The summed E-state index contributed by atoms with van der Waals surface area (Å²) in [6.45, 7) is 0.875. The van der Waals surface area contributed by atoms with E-state index in [1.165, 1.54) is 24.0 Å². The molecule has 1 saturated carbocycles. The smallest absolute Gasteiger partial charge is 0.120 e. The molecule has 2 aromatic carbocycles. The summed E-state index contributed by atoms with van der Waals surface area (Å²) in [7, 11) is 1.70. The minimum Gasteiger partial charge on any atom is -0.497 e. The van der Waals surface area contributed by atoms with Crippen LogP contribution in [0, 0.1) is 0 Å². The first-order chi connectivity index (χ1) is 9.36.